The molecule has 0 bridgehead atoms. The molecule has 0 amide bonds. The Morgan fingerprint density at radius 3 is 1.95 bits per heavy atom. The smallest absolute Gasteiger partial charge is 0.123 e. The number of ether oxygens (including phenoxy) is 2. The van der Waals surface area contributed by atoms with Crippen molar-refractivity contribution in [3.05, 3.63) is 59.2 Å². The average molecular weight is 266 g/mol. The fourth-order valence-corrected chi connectivity index (χ4v) is 1.83. The topological polar surface area (TPSA) is 66.1 Å². The average Bonchev–Trinajstić information content (AvgIpc) is 2.53. The predicted octanol–water partition coefficient (Wildman–Crippen LogP) is 2.99. The number of nitrogens with one attached hydrogen (secondary N) is 1. The van der Waals surface area contributed by atoms with Crippen molar-refractivity contribution in [2.24, 2.45) is 0 Å². The van der Waals surface area contributed by atoms with Crippen LogP contribution in [0.1, 0.15) is 16.7 Å². The van der Waals surface area contributed by atoms with E-state index in [9.17, 15) is 0 Å². The molecule has 0 radical (unpaired) electrons. The fraction of sp³-hybridized carbons (Fsp3) is 0.125. The molecule has 4 nitrogen and oxygen atoms in total. The molecule has 0 aliphatic carbocycles. The number of hydrogen-bond acceptors (Lipinski definition) is 4. The van der Waals surface area contributed by atoms with Crippen molar-refractivity contribution < 1.29 is 9.47 Å². The number of methoxy groups -OCH3 is 2. The van der Waals surface area contributed by atoms with Gasteiger partial charge in [0.2, 0.25) is 0 Å². The van der Waals surface area contributed by atoms with Crippen molar-refractivity contribution in [3.63, 3.8) is 0 Å². The van der Waals surface area contributed by atoms with Crippen LogP contribution in [-0.4, -0.2) is 19.9 Å². The quantitative estimate of drug-likeness (QED) is 0.865. The molecular weight excluding hydrogens is 252 g/mol. The molecule has 1 N–H and O–H groups in total. The van der Waals surface area contributed by atoms with Gasteiger partial charge < -0.3 is 9.47 Å². The van der Waals surface area contributed by atoms with E-state index in [0.29, 0.717) is 28.3 Å². The van der Waals surface area contributed by atoms with Crippen molar-refractivity contribution in [3.8, 4) is 17.6 Å². The van der Waals surface area contributed by atoms with E-state index in [-0.39, 0.29) is 0 Å². The maximum atomic E-state index is 8.78. The molecule has 4 heteroatoms. The molecule has 0 aromatic heterocycles. The van der Waals surface area contributed by atoms with Gasteiger partial charge in [-0.2, -0.15) is 5.26 Å². The molecule has 0 spiro atoms. The van der Waals surface area contributed by atoms with Crippen LogP contribution in [-0.2, 0) is 0 Å². The van der Waals surface area contributed by atoms with Gasteiger partial charge in [-0.25, -0.2) is 0 Å². The standard InChI is InChI=1S/C16H14N2O2/c1-19-14-7-13(8-15(9-14)20-2)16(18)12-5-3-11(10-17)4-6-12/h3-9,18H,1-2H3. The Balaban J connectivity index is 2.39. The zero-order valence-corrected chi connectivity index (χ0v) is 11.3. The Labute approximate surface area is 117 Å². The monoisotopic (exact) mass is 266 g/mol. The van der Waals surface area contributed by atoms with E-state index < -0.39 is 0 Å². The van der Waals surface area contributed by atoms with Gasteiger partial charge in [0.05, 0.1) is 31.6 Å². The van der Waals surface area contributed by atoms with Crippen LogP contribution in [0.3, 0.4) is 0 Å². The first-order valence-corrected chi connectivity index (χ1v) is 6.00. The van der Waals surface area contributed by atoms with E-state index >= 15 is 0 Å². The molecule has 2 aromatic rings. The van der Waals surface area contributed by atoms with E-state index in [1.165, 1.54) is 0 Å². The second kappa shape index (κ2) is 5.89. The van der Waals surface area contributed by atoms with Crippen molar-refractivity contribution >= 4 is 5.71 Å². The lowest BCUT2D eigenvalue weighted by Crippen LogP contribution is -2.02. The van der Waals surface area contributed by atoms with Crippen LogP contribution in [0, 0.1) is 16.7 Å². The first-order chi connectivity index (χ1) is 9.67. The van der Waals surface area contributed by atoms with Crippen molar-refractivity contribution in [1.29, 1.82) is 10.7 Å². The molecule has 0 aliphatic heterocycles. The Kier molecular flexibility index (Phi) is 4.02. The van der Waals surface area contributed by atoms with Gasteiger partial charge in [0.1, 0.15) is 11.5 Å². The summed E-state index contributed by atoms with van der Waals surface area (Å²) < 4.78 is 10.4. The van der Waals surface area contributed by atoms with Crippen LogP contribution in [0.5, 0.6) is 11.5 Å². The molecule has 0 saturated heterocycles. The highest BCUT2D eigenvalue weighted by Gasteiger charge is 2.09. The Morgan fingerprint density at radius 2 is 1.50 bits per heavy atom. The third-order valence-corrected chi connectivity index (χ3v) is 2.94. The summed E-state index contributed by atoms with van der Waals surface area (Å²) in [6, 6.07) is 14.3. The van der Waals surface area contributed by atoms with Gasteiger partial charge in [-0.1, -0.05) is 12.1 Å². The summed E-state index contributed by atoms with van der Waals surface area (Å²) in [5.41, 5.74) is 2.36. The van der Waals surface area contributed by atoms with E-state index in [2.05, 4.69) is 6.07 Å². The zero-order chi connectivity index (χ0) is 14.5. The minimum atomic E-state index is 0.353. The van der Waals surface area contributed by atoms with Gasteiger partial charge in [-0.05, 0) is 24.3 Å². The minimum Gasteiger partial charge on any atom is -0.497 e. The number of benzene rings is 2. The molecule has 2 aromatic carbocycles. The lowest BCUT2D eigenvalue weighted by Gasteiger charge is -2.09. The van der Waals surface area contributed by atoms with Crippen molar-refractivity contribution in [2.75, 3.05) is 14.2 Å². The number of hydrogen-bond donors (Lipinski definition) is 1. The molecule has 0 unspecified atom stereocenters. The molecule has 20 heavy (non-hydrogen) atoms. The second-order valence-corrected chi connectivity index (χ2v) is 4.17. The summed E-state index contributed by atoms with van der Waals surface area (Å²) in [6.07, 6.45) is 0. The highest BCUT2D eigenvalue weighted by Crippen LogP contribution is 2.24. The summed E-state index contributed by atoms with van der Waals surface area (Å²) in [5, 5.41) is 17.0. The highest BCUT2D eigenvalue weighted by atomic mass is 16.5. The molecule has 0 heterocycles. The van der Waals surface area contributed by atoms with E-state index in [4.69, 9.17) is 20.1 Å². The summed E-state index contributed by atoms with van der Waals surface area (Å²) >= 11 is 0. The zero-order valence-electron chi connectivity index (χ0n) is 11.3. The lowest BCUT2D eigenvalue weighted by atomic mass is 10.0. The lowest BCUT2D eigenvalue weighted by molar-refractivity contribution is 0.394. The molecule has 2 rings (SSSR count). The maximum Gasteiger partial charge on any atom is 0.123 e. The van der Waals surface area contributed by atoms with Crippen molar-refractivity contribution in [1.82, 2.24) is 0 Å². The SMILES string of the molecule is COc1cc(OC)cc(C(=N)c2ccc(C#N)cc2)c1. The summed E-state index contributed by atoms with van der Waals surface area (Å²) in [4.78, 5) is 0. The van der Waals surface area contributed by atoms with Gasteiger partial charge in [-0.15, -0.1) is 0 Å². The van der Waals surface area contributed by atoms with Gasteiger partial charge in [0, 0.05) is 17.2 Å². The molecule has 0 fully saturated rings. The Hall–Kier alpha value is -2.80. The molecule has 0 atom stereocenters. The largest absolute Gasteiger partial charge is 0.497 e. The second-order valence-electron chi connectivity index (χ2n) is 4.17. The first-order valence-electron chi connectivity index (χ1n) is 6.00. The van der Waals surface area contributed by atoms with Crippen molar-refractivity contribution in [2.45, 2.75) is 0 Å². The number of nitrogens with zero attached hydrogens (tertiary/aromatic N) is 1. The van der Waals surface area contributed by atoms with E-state index in [1.54, 1.807) is 56.7 Å². The van der Waals surface area contributed by atoms with Crippen LogP contribution < -0.4 is 9.47 Å². The van der Waals surface area contributed by atoms with Crippen LogP contribution in [0.2, 0.25) is 0 Å². The van der Waals surface area contributed by atoms with Gasteiger partial charge in [0.15, 0.2) is 0 Å². The van der Waals surface area contributed by atoms with E-state index in [0.717, 1.165) is 5.56 Å². The maximum absolute atomic E-state index is 8.78. The van der Waals surface area contributed by atoms with Gasteiger partial charge in [0.25, 0.3) is 0 Å². The third-order valence-electron chi connectivity index (χ3n) is 2.94. The predicted molar refractivity (Wildman–Crippen MR) is 76.6 cm³/mol. The molecule has 100 valence electrons. The first kappa shape index (κ1) is 13.6. The summed E-state index contributed by atoms with van der Waals surface area (Å²) in [6.45, 7) is 0. The Morgan fingerprint density at radius 1 is 0.950 bits per heavy atom. The van der Waals surface area contributed by atoms with Crippen LogP contribution >= 0.6 is 0 Å². The van der Waals surface area contributed by atoms with Crippen LogP contribution in [0.4, 0.5) is 0 Å². The summed E-state index contributed by atoms with van der Waals surface area (Å²) in [5.74, 6) is 1.27. The molecule has 0 aliphatic rings. The third kappa shape index (κ3) is 2.78. The van der Waals surface area contributed by atoms with Gasteiger partial charge in [-0.3, -0.25) is 5.41 Å². The van der Waals surface area contributed by atoms with Crippen LogP contribution in [0.15, 0.2) is 42.5 Å². The van der Waals surface area contributed by atoms with Gasteiger partial charge >= 0.3 is 0 Å². The molecule has 0 saturated carbocycles. The minimum absolute atomic E-state index is 0.353. The number of rotatable bonds is 4. The van der Waals surface area contributed by atoms with E-state index in [1.807, 2.05) is 0 Å². The number of nitriles is 1. The Bertz CT molecular complexity index is 648. The normalized spacial score (nSPS) is 9.65. The fourth-order valence-electron chi connectivity index (χ4n) is 1.83. The molecular formula is C16H14N2O2. The van der Waals surface area contributed by atoms with Crippen LogP contribution in [0.25, 0.3) is 0 Å². The summed E-state index contributed by atoms with van der Waals surface area (Å²) in [7, 11) is 3.15. The highest BCUT2D eigenvalue weighted by molar-refractivity contribution is 6.11.